The molecular weight excluding hydrogens is 226 g/mol. The van der Waals surface area contributed by atoms with E-state index in [9.17, 15) is 5.11 Å². The molecule has 0 fully saturated rings. The number of hydrogen-bond acceptors (Lipinski definition) is 3. The van der Waals surface area contributed by atoms with Crippen molar-refractivity contribution in [1.29, 1.82) is 0 Å². The molecule has 3 nitrogen and oxygen atoms in total. The van der Waals surface area contributed by atoms with Crippen molar-refractivity contribution in [2.75, 3.05) is 20.2 Å². The van der Waals surface area contributed by atoms with Crippen molar-refractivity contribution in [3.05, 3.63) is 42.5 Å². The lowest BCUT2D eigenvalue weighted by molar-refractivity contribution is 0.112. The molecule has 0 heterocycles. The molecule has 1 N–H and O–H groups in total. The minimum Gasteiger partial charge on any atom is -0.497 e. The number of methoxy groups -OCH3 is 1. The zero-order valence-electron chi connectivity index (χ0n) is 11.3. The topological polar surface area (TPSA) is 32.7 Å². The van der Waals surface area contributed by atoms with Crippen LogP contribution in [0.15, 0.2) is 36.9 Å². The Hall–Kier alpha value is -1.32. The number of rotatable bonds is 8. The van der Waals surface area contributed by atoms with E-state index < -0.39 is 0 Å². The Kier molecular flexibility index (Phi) is 6.47. The average molecular weight is 249 g/mol. The van der Waals surface area contributed by atoms with Crippen LogP contribution in [0.3, 0.4) is 0 Å². The molecule has 1 aromatic carbocycles. The minimum absolute atomic E-state index is 0.275. The normalized spacial score (nSPS) is 12.4. The highest BCUT2D eigenvalue weighted by atomic mass is 16.5. The summed E-state index contributed by atoms with van der Waals surface area (Å²) in [6.45, 7) is 8.02. The molecule has 0 bridgehead atoms. The molecule has 0 aliphatic carbocycles. The third kappa shape index (κ3) is 4.90. The van der Waals surface area contributed by atoms with Gasteiger partial charge in [0.25, 0.3) is 0 Å². The third-order valence-electron chi connectivity index (χ3n) is 2.89. The molecule has 1 atom stereocenters. The Bertz CT molecular complexity index is 348. The van der Waals surface area contributed by atoms with Crippen LogP contribution in [-0.4, -0.2) is 36.3 Å². The molecular formula is C15H23NO2. The Morgan fingerprint density at radius 2 is 2.06 bits per heavy atom. The first-order chi connectivity index (χ1) is 8.69. The third-order valence-corrected chi connectivity index (χ3v) is 2.89. The van der Waals surface area contributed by atoms with E-state index in [-0.39, 0.29) is 6.10 Å². The van der Waals surface area contributed by atoms with E-state index in [2.05, 4.69) is 11.5 Å². The molecule has 0 aliphatic rings. The quantitative estimate of drug-likeness (QED) is 0.718. The molecule has 3 heteroatoms. The van der Waals surface area contributed by atoms with Crippen LogP contribution in [0.25, 0.3) is 0 Å². The predicted octanol–water partition coefficient (Wildman–Crippen LogP) is 2.45. The summed E-state index contributed by atoms with van der Waals surface area (Å²) in [7, 11) is 1.66. The second-order valence-corrected chi connectivity index (χ2v) is 4.39. The molecule has 0 saturated heterocycles. The molecule has 0 amide bonds. The lowest BCUT2D eigenvalue weighted by Crippen LogP contribution is -2.31. The largest absolute Gasteiger partial charge is 0.497 e. The highest BCUT2D eigenvalue weighted by molar-refractivity contribution is 5.27. The first-order valence-corrected chi connectivity index (χ1v) is 6.33. The second kappa shape index (κ2) is 7.90. The molecule has 0 aliphatic heterocycles. The van der Waals surface area contributed by atoms with Gasteiger partial charge in [-0.3, -0.25) is 4.90 Å². The molecule has 0 spiro atoms. The zero-order valence-corrected chi connectivity index (χ0v) is 11.3. The van der Waals surface area contributed by atoms with Gasteiger partial charge in [-0.15, -0.1) is 6.58 Å². The van der Waals surface area contributed by atoms with Gasteiger partial charge < -0.3 is 9.84 Å². The number of hydrogen-bond donors (Lipinski definition) is 1. The van der Waals surface area contributed by atoms with Gasteiger partial charge in [0.05, 0.1) is 13.2 Å². The van der Waals surface area contributed by atoms with Crippen molar-refractivity contribution in [3.8, 4) is 5.75 Å². The zero-order chi connectivity index (χ0) is 13.4. The summed E-state index contributed by atoms with van der Waals surface area (Å²) >= 11 is 0. The standard InChI is InChI=1S/C15H23NO2/c1-4-10-16(12-14(17)5-2)11-13-6-8-15(18-3)9-7-13/h4,6-9,14,17H,1,5,10-12H2,2-3H3. The van der Waals surface area contributed by atoms with Gasteiger partial charge in [-0.2, -0.15) is 0 Å². The SMILES string of the molecule is C=CCN(Cc1ccc(OC)cc1)CC(O)CC. The Balaban J connectivity index is 2.60. The smallest absolute Gasteiger partial charge is 0.118 e. The van der Waals surface area contributed by atoms with Gasteiger partial charge in [-0.1, -0.05) is 25.1 Å². The van der Waals surface area contributed by atoms with Crippen molar-refractivity contribution < 1.29 is 9.84 Å². The average Bonchev–Trinajstić information content (AvgIpc) is 2.39. The van der Waals surface area contributed by atoms with Crippen LogP contribution in [0.1, 0.15) is 18.9 Å². The number of aliphatic hydroxyl groups excluding tert-OH is 1. The van der Waals surface area contributed by atoms with E-state index >= 15 is 0 Å². The first-order valence-electron chi connectivity index (χ1n) is 6.33. The van der Waals surface area contributed by atoms with Crippen molar-refractivity contribution in [2.24, 2.45) is 0 Å². The van der Waals surface area contributed by atoms with E-state index in [4.69, 9.17) is 4.74 Å². The molecule has 18 heavy (non-hydrogen) atoms. The summed E-state index contributed by atoms with van der Waals surface area (Å²) in [5.74, 6) is 0.864. The highest BCUT2D eigenvalue weighted by Crippen LogP contribution is 2.13. The number of nitrogens with zero attached hydrogens (tertiary/aromatic N) is 1. The molecule has 0 saturated carbocycles. The molecule has 0 radical (unpaired) electrons. The molecule has 1 aromatic rings. The minimum atomic E-state index is -0.275. The van der Waals surface area contributed by atoms with Crippen LogP contribution in [0, 0.1) is 0 Å². The van der Waals surface area contributed by atoms with Crippen molar-refractivity contribution in [2.45, 2.75) is 26.0 Å². The lowest BCUT2D eigenvalue weighted by Gasteiger charge is -2.23. The number of benzene rings is 1. The molecule has 0 aromatic heterocycles. The Labute approximate surface area is 110 Å². The number of ether oxygens (including phenoxy) is 1. The van der Waals surface area contributed by atoms with E-state index in [1.807, 2.05) is 37.3 Å². The lowest BCUT2D eigenvalue weighted by atomic mass is 10.2. The van der Waals surface area contributed by atoms with Gasteiger partial charge in [-0.05, 0) is 24.1 Å². The molecule has 100 valence electrons. The van der Waals surface area contributed by atoms with Crippen LogP contribution in [-0.2, 0) is 6.54 Å². The van der Waals surface area contributed by atoms with E-state index in [1.165, 1.54) is 5.56 Å². The van der Waals surface area contributed by atoms with Crippen LogP contribution >= 0.6 is 0 Å². The van der Waals surface area contributed by atoms with E-state index in [0.717, 1.165) is 25.3 Å². The van der Waals surface area contributed by atoms with Crippen molar-refractivity contribution in [1.82, 2.24) is 4.90 Å². The summed E-state index contributed by atoms with van der Waals surface area (Å²) in [5.41, 5.74) is 1.21. The summed E-state index contributed by atoms with van der Waals surface area (Å²) in [6.07, 6.45) is 2.37. The van der Waals surface area contributed by atoms with Crippen molar-refractivity contribution in [3.63, 3.8) is 0 Å². The van der Waals surface area contributed by atoms with E-state index in [0.29, 0.717) is 6.54 Å². The van der Waals surface area contributed by atoms with Crippen LogP contribution in [0.5, 0.6) is 5.75 Å². The second-order valence-electron chi connectivity index (χ2n) is 4.39. The van der Waals surface area contributed by atoms with Crippen LogP contribution in [0.4, 0.5) is 0 Å². The van der Waals surface area contributed by atoms with Gasteiger partial charge in [0.2, 0.25) is 0 Å². The summed E-state index contributed by atoms with van der Waals surface area (Å²) in [4.78, 5) is 2.18. The Morgan fingerprint density at radius 3 is 2.56 bits per heavy atom. The maximum Gasteiger partial charge on any atom is 0.118 e. The van der Waals surface area contributed by atoms with Gasteiger partial charge in [0.1, 0.15) is 5.75 Å². The predicted molar refractivity (Wildman–Crippen MR) is 74.8 cm³/mol. The van der Waals surface area contributed by atoms with Gasteiger partial charge in [-0.25, -0.2) is 0 Å². The fraction of sp³-hybridized carbons (Fsp3) is 0.467. The Morgan fingerprint density at radius 1 is 1.39 bits per heavy atom. The molecule has 1 rings (SSSR count). The molecule has 1 unspecified atom stereocenters. The van der Waals surface area contributed by atoms with Crippen LogP contribution < -0.4 is 4.74 Å². The van der Waals surface area contributed by atoms with Crippen LogP contribution in [0.2, 0.25) is 0 Å². The number of aliphatic hydroxyl groups is 1. The summed E-state index contributed by atoms with van der Waals surface area (Å²) < 4.78 is 5.13. The monoisotopic (exact) mass is 249 g/mol. The van der Waals surface area contributed by atoms with Gasteiger partial charge >= 0.3 is 0 Å². The summed E-state index contributed by atoms with van der Waals surface area (Å²) in [6, 6.07) is 8.01. The summed E-state index contributed by atoms with van der Waals surface area (Å²) in [5, 5.41) is 9.72. The maximum absolute atomic E-state index is 9.72. The fourth-order valence-electron chi connectivity index (χ4n) is 1.80. The van der Waals surface area contributed by atoms with Gasteiger partial charge in [0.15, 0.2) is 0 Å². The van der Waals surface area contributed by atoms with Gasteiger partial charge in [0, 0.05) is 19.6 Å². The van der Waals surface area contributed by atoms with E-state index in [1.54, 1.807) is 7.11 Å². The fourth-order valence-corrected chi connectivity index (χ4v) is 1.80. The highest BCUT2D eigenvalue weighted by Gasteiger charge is 2.09. The maximum atomic E-state index is 9.72. The van der Waals surface area contributed by atoms with Crippen molar-refractivity contribution >= 4 is 0 Å². The first kappa shape index (κ1) is 14.7.